The number of rotatable bonds is 6. The van der Waals surface area contributed by atoms with Gasteiger partial charge in [-0.2, -0.15) is 0 Å². The van der Waals surface area contributed by atoms with Gasteiger partial charge in [-0.25, -0.2) is 4.98 Å². The maximum Gasteiger partial charge on any atom is 0.137 e. The average molecular weight is 705 g/mol. The van der Waals surface area contributed by atoms with Crippen molar-refractivity contribution in [3.05, 3.63) is 182 Å². The molecule has 2 aliphatic heterocycles. The molecule has 0 spiro atoms. The normalized spacial score (nSPS) is 13.4. The Balaban J connectivity index is 1.12. The molecule has 0 saturated carbocycles. The molecule has 9 rings (SSSR count). The zero-order valence-electron chi connectivity index (χ0n) is 30.1. The van der Waals surface area contributed by atoms with Gasteiger partial charge in [0.25, 0.3) is 0 Å². The van der Waals surface area contributed by atoms with Crippen molar-refractivity contribution in [3.8, 4) is 33.4 Å². The maximum atomic E-state index is 4.95. The molecule has 7 aromatic rings. The van der Waals surface area contributed by atoms with E-state index in [1.54, 1.807) is 11.8 Å². The lowest BCUT2D eigenvalue weighted by atomic mass is 9.86. The zero-order valence-corrected chi connectivity index (χ0v) is 31.0. The number of aromatic nitrogens is 1. The van der Waals surface area contributed by atoms with Crippen LogP contribution in [0.2, 0.25) is 0 Å². The summed E-state index contributed by atoms with van der Waals surface area (Å²) in [5, 5.41) is 0. The van der Waals surface area contributed by atoms with Crippen LogP contribution in [0.15, 0.2) is 186 Å². The van der Waals surface area contributed by atoms with Crippen molar-refractivity contribution in [2.75, 3.05) is 21.4 Å². The summed E-state index contributed by atoms with van der Waals surface area (Å²) in [5.41, 5.74) is 13.2. The fourth-order valence-electron chi connectivity index (χ4n) is 7.33. The molecule has 4 nitrogen and oxygen atoms in total. The Morgan fingerprint density at radius 1 is 0.509 bits per heavy atom. The molecule has 0 amide bonds. The van der Waals surface area contributed by atoms with E-state index in [-0.39, 0.29) is 5.41 Å². The van der Waals surface area contributed by atoms with Crippen molar-refractivity contribution in [2.45, 2.75) is 36.0 Å². The summed E-state index contributed by atoms with van der Waals surface area (Å²) in [4.78, 5) is 14.2. The molecule has 0 radical (unpaired) electrons. The third-order valence-corrected chi connectivity index (χ3v) is 11.1. The topological polar surface area (TPSA) is 22.6 Å². The molecule has 3 heterocycles. The molecule has 0 aliphatic carbocycles. The van der Waals surface area contributed by atoms with Crippen molar-refractivity contribution in [2.24, 2.45) is 0 Å². The van der Waals surface area contributed by atoms with E-state index in [2.05, 4.69) is 200 Å². The van der Waals surface area contributed by atoms with Crippen molar-refractivity contribution in [1.82, 2.24) is 4.98 Å². The first kappa shape index (κ1) is 32.8. The Morgan fingerprint density at radius 2 is 1.13 bits per heavy atom. The van der Waals surface area contributed by atoms with E-state index in [9.17, 15) is 0 Å². The summed E-state index contributed by atoms with van der Waals surface area (Å²) in [6.07, 6.45) is 6.19. The third kappa shape index (κ3) is 6.38. The highest BCUT2D eigenvalue weighted by Gasteiger charge is 2.28. The van der Waals surface area contributed by atoms with E-state index in [0.29, 0.717) is 0 Å². The molecule has 0 N–H and O–H groups in total. The minimum Gasteiger partial charge on any atom is -0.328 e. The van der Waals surface area contributed by atoms with Crippen LogP contribution in [0.5, 0.6) is 0 Å². The van der Waals surface area contributed by atoms with E-state index < -0.39 is 0 Å². The molecule has 258 valence electrons. The van der Waals surface area contributed by atoms with Crippen LogP contribution in [0.1, 0.15) is 26.3 Å². The van der Waals surface area contributed by atoms with E-state index in [1.165, 1.54) is 60.1 Å². The molecule has 0 atom stereocenters. The first-order valence-electron chi connectivity index (χ1n) is 18.1. The lowest BCUT2D eigenvalue weighted by Crippen LogP contribution is -2.24. The number of para-hydroxylation sites is 1. The van der Waals surface area contributed by atoms with Crippen molar-refractivity contribution < 1.29 is 0 Å². The lowest BCUT2D eigenvalue weighted by Gasteiger charge is -2.27. The van der Waals surface area contributed by atoms with Gasteiger partial charge in [0.2, 0.25) is 0 Å². The van der Waals surface area contributed by atoms with Gasteiger partial charge in [-0.05, 0) is 93.9 Å². The summed E-state index contributed by atoms with van der Waals surface area (Å²) < 4.78 is 0. The molecule has 6 aromatic carbocycles. The molecule has 53 heavy (non-hydrogen) atoms. The Kier molecular flexibility index (Phi) is 8.36. The number of anilines is 5. The van der Waals surface area contributed by atoms with Gasteiger partial charge in [0, 0.05) is 50.9 Å². The van der Waals surface area contributed by atoms with Gasteiger partial charge in [0.1, 0.15) is 5.82 Å². The summed E-state index contributed by atoms with van der Waals surface area (Å²) in [7, 11) is 0. The van der Waals surface area contributed by atoms with Crippen molar-refractivity contribution >= 4 is 40.3 Å². The fourth-order valence-corrected chi connectivity index (χ4v) is 8.23. The first-order chi connectivity index (χ1) is 25.9. The lowest BCUT2D eigenvalue weighted by molar-refractivity contribution is 0.590. The third-order valence-electron chi connectivity index (χ3n) is 10.1. The minimum absolute atomic E-state index is 0.0985. The van der Waals surface area contributed by atoms with Crippen LogP contribution in [-0.2, 0) is 5.41 Å². The van der Waals surface area contributed by atoms with Gasteiger partial charge in [0.05, 0.1) is 18.0 Å². The van der Waals surface area contributed by atoms with Crippen LogP contribution < -0.4 is 14.7 Å². The standard InChI is InChI=1S/C48H40N4S/c1-48(2,3)36-22-19-34(20-23-36)35-21-25-43-41-16-7-8-17-42(41)44-26-24-40(32-46(44)52(45(43)30-35)47-18-9-10-27-49-47)53-39-15-11-14-38(31-39)51-29-28-50(33-51)37-12-5-4-6-13-37/h4-32H,33H2,1-3H3. The van der Waals surface area contributed by atoms with Crippen LogP contribution >= 0.6 is 11.8 Å². The van der Waals surface area contributed by atoms with Gasteiger partial charge < -0.3 is 9.80 Å². The Labute approximate surface area is 316 Å². The average Bonchev–Trinajstić information content (AvgIpc) is 3.66. The maximum absolute atomic E-state index is 4.95. The quantitative estimate of drug-likeness (QED) is 0.171. The Hall–Kier alpha value is -6.04. The predicted octanol–water partition coefficient (Wildman–Crippen LogP) is 13.1. The second-order valence-corrected chi connectivity index (χ2v) is 15.8. The van der Waals surface area contributed by atoms with Crippen LogP contribution in [0.25, 0.3) is 33.4 Å². The highest BCUT2D eigenvalue weighted by atomic mass is 32.2. The first-order valence-corrected chi connectivity index (χ1v) is 19.0. The fraction of sp³-hybridized carbons (Fsp3) is 0.104. The summed E-state index contributed by atoms with van der Waals surface area (Å²) in [6.45, 7) is 7.56. The van der Waals surface area contributed by atoms with Crippen LogP contribution in [0.4, 0.5) is 28.6 Å². The van der Waals surface area contributed by atoms with E-state index in [1.807, 2.05) is 12.3 Å². The number of benzene rings is 6. The predicted molar refractivity (Wildman–Crippen MR) is 223 cm³/mol. The molecular formula is C48H40N4S. The van der Waals surface area contributed by atoms with Gasteiger partial charge in [-0.3, -0.25) is 4.90 Å². The minimum atomic E-state index is 0.0985. The molecule has 0 saturated heterocycles. The number of pyridine rings is 1. The smallest absolute Gasteiger partial charge is 0.137 e. The summed E-state index contributed by atoms with van der Waals surface area (Å²) in [5.74, 6) is 0.885. The molecule has 0 fully saturated rings. The number of fused-ring (bicyclic) bond motifs is 5. The van der Waals surface area contributed by atoms with Crippen molar-refractivity contribution in [1.29, 1.82) is 0 Å². The summed E-state index contributed by atoms with van der Waals surface area (Å²) >= 11 is 1.79. The second-order valence-electron chi connectivity index (χ2n) is 14.6. The Bertz CT molecular complexity index is 2450. The zero-order chi connectivity index (χ0) is 35.9. The SMILES string of the molecule is CC(C)(C)c1ccc(-c2ccc3c(c2)N(c2ccccn2)c2cc(Sc4cccc(N5C=CN(c6ccccc6)C5)c4)ccc2-c2ccccc2-3)cc1. The second kappa shape index (κ2) is 13.5. The van der Waals surface area contributed by atoms with Crippen LogP contribution in [0, 0.1) is 0 Å². The van der Waals surface area contributed by atoms with Gasteiger partial charge in [-0.1, -0.05) is 130 Å². The van der Waals surface area contributed by atoms with Crippen molar-refractivity contribution in [3.63, 3.8) is 0 Å². The van der Waals surface area contributed by atoms with E-state index >= 15 is 0 Å². The molecule has 0 bridgehead atoms. The van der Waals surface area contributed by atoms with E-state index in [4.69, 9.17) is 4.98 Å². The molecular weight excluding hydrogens is 665 g/mol. The van der Waals surface area contributed by atoms with Crippen LogP contribution in [0.3, 0.4) is 0 Å². The van der Waals surface area contributed by atoms with Gasteiger partial charge in [0.15, 0.2) is 0 Å². The summed E-state index contributed by atoms with van der Waals surface area (Å²) in [6, 6.07) is 57.1. The monoisotopic (exact) mass is 704 g/mol. The molecule has 5 heteroatoms. The molecule has 1 aromatic heterocycles. The highest BCUT2D eigenvalue weighted by Crippen LogP contribution is 2.52. The molecule has 0 unspecified atom stereocenters. The Morgan fingerprint density at radius 3 is 1.85 bits per heavy atom. The van der Waals surface area contributed by atoms with Gasteiger partial charge >= 0.3 is 0 Å². The number of nitrogens with zero attached hydrogens (tertiary/aromatic N) is 4. The largest absolute Gasteiger partial charge is 0.328 e. The number of hydrogen-bond donors (Lipinski definition) is 0. The highest BCUT2D eigenvalue weighted by molar-refractivity contribution is 7.99. The van der Waals surface area contributed by atoms with Crippen LogP contribution in [-0.4, -0.2) is 11.7 Å². The van der Waals surface area contributed by atoms with Gasteiger partial charge in [-0.15, -0.1) is 0 Å². The molecule has 2 aliphatic rings. The van der Waals surface area contributed by atoms with E-state index in [0.717, 1.165) is 23.9 Å². The number of hydrogen-bond acceptors (Lipinski definition) is 5.